The molecule has 0 fully saturated rings. The Morgan fingerprint density at radius 3 is 2.52 bits per heavy atom. The minimum atomic E-state index is -0.657. The first-order valence-electron chi connectivity index (χ1n) is 9.29. The number of carbonyl (C=O) groups is 2. The SMILES string of the molecule is COC(=O)C1=C(C(=O)OC)N(c2cc(-c3nn4c(C)nnc4s3)ccc2C)C=CC=C1. The van der Waals surface area contributed by atoms with Crippen molar-refractivity contribution in [3.05, 3.63) is 65.3 Å². The van der Waals surface area contributed by atoms with E-state index < -0.39 is 11.9 Å². The van der Waals surface area contributed by atoms with E-state index in [0.717, 1.165) is 16.1 Å². The number of benzene rings is 1. The predicted octanol–water partition coefficient (Wildman–Crippen LogP) is 2.96. The highest BCUT2D eigenvalue weighted by Gasteiger charge is 2.28. The van der Waals surface area contributed by atoms with Crippen LogP contribution in [0.5, 0.6) is 0 Å². The summed E-state index contributed by atoms with van der Waals surface area (Å²) in [6.45, 7) is 3.75. The van der Waals surface area contributed by atoms with Crippen LogP contribution in [0.4, 0.5) is 5.69 Å². The van der Waals surface area contributed by atoms with Gasteiger partial charge in [-0.15, -0.1) is 10.2 Å². The van der Waals surface area contributed by atoms with Crippen LogP contribution in [0, 0.1) is 13.8 Å². The van der Waals surface area contributed by atoms with Crippen LogP contribution in [0.3, 0.4) is 0 Å². The first-order valence-corrected chi connectivity index (χ1v) is 10.1. The second-order valence-corrected chi connectivity index (χ2v) is 7.62. The smallest absolute Gasteiger partial charge is 0.355 e. The van der Waals surface area contributed by atoms with E-state index in [4.69, 9.17) is 9.47 Å². The zero-order valence-corrected chi connectivity index (χ0v) is 18.1. The molecule has 0 bridgehead atoms. The molecule has 0 atom stereocenters. The van der Waals surface area contributed by atoms with Gasteiger partial charge in [0.2, 0.25) is 4.96 Å². The fraction of sp³-hybridized carbons (Fsp3) is 0.190. The lowest BCUT2D eigenvalue weighted by Crippen LogP contribution is -2.27. The van der Waals surface area contributed by atoms with Gasteiger partial charge in [0.05, 0.1) is 19.8 Å². The van der Waals surface area contributed by atoms with Crippen molar-refractivity contribution in [1.82, 2.24) is 19.8 Å². The minimum absolute atomic E-state index is 0.0635. The van der Waals surface area contributed by atoms with Gasteiger partial charge in [-0.1, -0.05) is 29.5 Å². The van der Waals surface area contributed by atoms with Crippen LogP contribution in [0.1, 0.15) is 11.4 Å². The Morgan fingerprint density at radius 1 is 1.03 bits per heavy atom. The number of esters is 2. The van der Waals surface area contributed by atoms with Gasteiger partial charge in [0.15, 0.2) is 5.82 Å². The molecule has 0 unspecified atom stereocenters. The molecule has 31 heavy (non-hydrogen) atoms. The zero-order chi connectivity index (χ0) is 22.1. The lowest BCUT2D eigenvalue weighted by Gasteiger charge is -2.25. The van der Waals surface area contributed by atoms with E-state index in [1.807, 2.05) is 32.0 Å². The van der Waals surface area contributed by atoms with Crippen molar-refractivity contribution in [2.75, 3.05) is 19.1 Å². The normalized spacial score (nSPS) is 13.6. The molecular weight excluding hydrogens is 418 g/mol. The summed E-state index contributed by atoms with van der Waals surface area (Å²) in [7, 11) is 2.54. The highest BCUT2D eigenvalue weighted by atomic mass is 32.1. The van der Waals surface area contributed by atoms with E-state index in [-0.39, 0.29) is 11.3 Å². The molecule has 0 N–H and O–H groups in total. The Bertz CT molecular complexity index is 1280. The Labute approximate surface area is 181 Å². The van der Waals surface area contributed by atoms with Crippen molar-refractivity contribution < 1.29 is 19.1 Å². The molecule has 158 valence electrons. The summed E-state index contributed by atoms with van der Waals surface area (Å²) >= 11 is 1.41. The van der Waals surface area contributed by atoms with Crippen LogP contribution >= 0.6 is 11.3 Å². The second-order valence-electron chi connectivity index (χ2n) is 6.67. The van der Waals surface area contributed by atoms with E-state index in [9.17, 15) is 9.59 Å². The van der Waals surface area contributed by atoms with Gasteiger partial charge in [-0.3, -0.25) is 0 Å². The van der Waals surface area contributed by atoms with Crippen molar-refractivity contribution in [3.8, 4) is 10.6 Å². The number of hydrogen-bond donors (Lipinski definition) is 0. The quantitative estimate of drug-likeness (QED) is 0.575. The standard InChI is InChI=1S/C21H19N5O4S/c1-12-8-9-14(18-24-26-13(2)22-23-21(26)31-18)11-16(12)25-10-6-5-7-15(19(27)29-3)17(25)20(28)30-4/h5-11H,1-4H3. The van der Waals surface area contributed by atoms with Gasteiger partial charge in [0.25, 0.3) is 0 Å². The summed E-state index contributed by atoms with van der Waals surface area (Å²) in [5.41, 5.74) is 2.58. The van der Waals surface area contributed by atoms with Crippen LogP contribution in [0.25, 0.3) is 15.5 Å². The molecular formula is C21H19N5O4S. The Hall–Kier alpha value is -3.79. The van der Waals surface area contributed by atoms with Crippen molar-refractivity contribution in [3.63, 3.8) is 0 Å². The molecule has 0 saturated carbocycles. The topological polar surface area (TPSA) is 98.9 Å². The van der Waals surface area contributed by atoms with Crippen molar-refractivity contribution in [2.24, 2.45) is 0 Å². The van der Waals surface area contributed by atoms with Crippen LogP contribution in [-0.4, -0.2) is 46.0 Å². The fourth-order valence-corrected chi connectivity index (χ4v) is 4.07. The number of aromatic nitrogens is 4. The van der Waals surface area contributed by atoms with Gasteiger partial charge >= 0.3 is 11.9 Å². The molecule has 4 rings (SSSR count). The number of rotatable bonds is 4. The lowest BCUT2D eigenvalue weighted by molar-refractivity contribution is -0.139. The first kappa shape index (κ1) is 20.5. The number of carbonyl (C=O) groups excluding carboxylic acids is 2. The number of nitrogens with zero attached hydrogens (tertiary/aromatic N) is 5. The van der Waals surface area contributed by atoms with Crippen LogP contribution in [-0.2, 0) is 19.1 Å². The summed E-state index contributed by atoms with van der Waals surface area (Å²) in [6.07, 6.45) is 6.63. The Morgan fingerprint density at radius 2 is 1.81 bits per heavy atom. The van der Waals surface area contributed by atoms with Crippen LogP contribution < -0.4 is 4.90 Å². The zero-order valence-electron chi connectivity index (χ0n) is 17.3. The second kappa shape index (κ2) is 8.15. The van der Waals surface area contributed by atoms with E-state index >= 15 is 0 Å². The van der Waals surface area contributed by atoms with Gasteiger partial charge in [-0.05, 0) is 37.6 Å². The Kier molecular flexibility index (Phi) is 5.38. The van der Waals surface area contributed by atoms with Gasteiger partial charge in [-0.2, -0.15) is 9.61 Å². The highest BCUT2D eigenvalue weighted by molar-refractivity contribution is 7.19. The number of anilines is 1. The molecule has 0 amide bonds. The van der Waals surface area contributed by atoms with Crippen molar-refractivity contribution in [2.45, 2.75) is 13.8 Å². The monoisotopic (exact) mass is 437 g/mol. The largest absolute Gasteiger partial charge is 0.465 e. The fourth-order valence-electron chi connectivity index (χ4n) is 3.18. The predicted molar refractivity (Wildman–Crippen MR) is 115 cm³/mol. The number of hydrogen-bond acceptors (Lipinski definition) is 9. The molecule has 1 aliphatic rings. The third kappa shape index (κ3) is 3.61. The first-order chi connectivity index (χ1) is 14.9. The van der Waals surface area contributed by atoms with E-state index in [0.29, 0.717) is 16.5 Å². The molecule has 2 aromatic heterocycles. The molecule has 10 heteroatoms. The molecule has 1 aliphatic heterocycles. The summed E-state index contributed by atoms with van der Waals surface area (Å²) < 4.78 is 11.5. The minimum Gasteiger partial charge on any atom is -0.465 e. The molecule has 3 heterocycles. The maximum absolute atomic E-state index is 12.7. The van der Waals surface area contributed by atoms with Gasteiger partial charge in [-0.25, -0.2) is 9.59 Å². The molecule has 0 radical (unpaired) electrons. The number of aryl methyl sites for hydroxylation is 2. The lowest BCUT2D eigenvalue weighted by atomic mass is 10.1. The van der Waals surface area contributed by atoms with E-state index in [2.05, 4.69) is 15.3 Å². The number of methoxy groups -OCH3 is 2. The average molecular weight is 437 g/mol. The summed E-state index contributed by atoms with van der Waals surface area (Å²) in [6, 6.07) is 5.78. The number of ether oxygens (including phenoxy) is 2. The maximum Gasteiger partial charge on any atom is 0.355 e. The molecule has 0 saturated heterocycles. The third-order valence-electron chi connectivity index (χ3n) is 4.75. The molecule has 0 spiro atoms. The van der Waals surface area contributed by atoms with Crippen LogP contribution in [0.15, 0.2) is 53.9 Å². The van der Waals surface area contributed by atoms with Crippen molar-refractivity contribution in [1.29, 1.82) is 0 Å². The van der Waals surface area contributed by atoms with E-state index in [1.54, 1.807) is 27.8 Å². The average Bonchev–Trinajstić information content (AvgIpc) is 3.27. The number of fused-ring (bicyclic) bond motifs is 1. The maximum atomic E-state index is 12.7. The van der Waals surface area contributed by atoms with Gasteiger partial charge < -0.3 is 14.4 Å². The molecule has 1 aromatic carbocycles. The summed E-state index contributed by atoms with van der Waals surface area (Å²) in [4.78, 5) is 27.4. The third-order valence-corrected chi connectivity index (χ3v) is 5.70. The Balaban J connectivity index is 1.87. The summed E-state index contributed by atoms with van der Waals surface area (Å²) in [5, 5.41) is 13.5. The number of allylic oxidation sites excluding steroid dienone is 2. The van der Waals surface area contributed by atoms with Gasteiger partial charge in [0.1, 0.15) is 10.7 Å². The molecule has 9 nitrogen and oxygen atoms in total. The molecule has 3 aromatic rings. The van der Waals surface area contributed by atoms with E-state index in [1.165, 1.54) is 31.6 Å². The molecule has 0 aliphatic carbocycles. The highest BCUT2D eigenvalue weighted by Crippen LogP contribution is 2.34. The summed E-state index contributed by atoms with van der Waals surface area (Å²) in [5.74, 6) is -0.593. The van der Waals surface area contributed by atoms with Gasteiger partial charge in [0, 0.05) is 17.5 Å². The van der Waals surface area contributed by atoms with Crippen LogP contribution in [0.2, 0.25) is 0 Å². The van der Waals surface area contributed by atoms with Crippen molar-refractivity contribution >= 4 is 33.9 Å².